The van der Waals surface area contributed by atoms with Crippen LogP contribution in [0.1, 0.15) is 40.5 Å². The Balaban J connectivity index is 1.64. The van der Waals surface area contributed by atoms with Crippen LogP contribution >= 0.6 is 12.2 Å². The van der Waals surface area contributed by atoms with Gasteiger partial charge in [0.25, 0.3) is 0 Å². The molecule has 1 aromatic carbocycles. The summed E-state index contributed by atoms with van der Waals surface area (Å²) in [6.07, 6.45) is 3.48. The van der Waals surface area contributed by atoms with E-state index in [1.54, 1.807) is 18.5 Å². The Bertz CT molecular complexity index is 1250. The number of aryl methyl sites for hydroxylation is 1. The van der Waals surface area contributed by atoms with Gasteiger partial charge < -0.3 is 24.3 Å². The molecule has 4 heterocycles. The minimum atomic E-state index is -0.114. The Hall–Kier alpha value is -3.58. The van der Waals surface area contributed by atoms with Crippen molar-refractivity contribution < 1.29 is 9.52 Å². The lowest BCUT2D eigenvalue weighted by molar-refractivity contribution is 0.286. The minimum Gasteiger partial charge on any atom is -0.506 e. The van der Waals surface area contributed by atoms with Crippen LogP contribution in [-0.2, 0) is 6.54 Å². The lowest BCUT2D eigenvalue weighted by Gasteiger charge is -2.27. The quantitative estimate of drug-likeness (QED) is 0.424. The van der Waals surface area contributed by atoms with E-state index < -0.39 is 0 Å². The zero-order valence-corrected chi connectivity index (χ0v) is 18.7. The molecule has 1 aliphatic rings. The summed E-state index contributed by atoms with van der Waals surface area (Å²) in [5.74, 6) is 1.09. The molecule has 2 atom stereocenters. The van der Waals surface area contributed by atoms with Gasteiger partial charge >= 0.3 is 0 Å². The van der Waals surface area contributed by atoms with E-state index >= 15 is 0 Å². The number of nitrogens with zero attached hydrogens (tertiary/aromatic N) is 3. The molecule has 0 aliphatic carbocycles. The molecule has 0 spiro atoms. The van der Waals surface area contributed by atoms with Crippen LogP contribution in [0.15, 0.2) is 77.5 Å². The lowest BCUT2D eigenvalue weighted by atomic mass is 9.96. The van der Waals surface area contributed by atoms with Crippen LogP contribution in [0.25, 0.3) is 5.69 Å². The number of para-hydroxylation sites is 2. The van der Waals surface area contributed by atoms with E-state index in [1.165, 1.54) is 0 Å². The number of benzene rings is 1. The zero-order valence-electron chi connectivity index (χ0n) is 17.9. The number of phenolic OH excluding ortho intramolecular Hbond substituents is 1. The predicted octanol–water partition coefficient (Wildman–Crippen LogP) is 4.96. The highest BCUT2D eigenvalue weighted by Crippen LogP contribution is 2.42. The van der Waals surface area contributed by atoms with Crippen molar-refractivity contribution >= 4 is 17.3 Å². The fourth-order valence-corrected chi connectivity index (χ4v) is 4.90. The van der Waals surface area contributed by atoms with E-state index in [1.807, 2.05) is 48.5 Å². The molecule has 5 rings (SSSR count). The van der Waals surface area contributed by atoms with Crippen LogP contribution < -0.4 is 5.32 Å². The highest BCUT2D eigenvalue weighted by atomic mass is 32.1. The molecule has 0 bridgehead atoms. The number of pyridine rings is 1. The van der Waals surface area contributed by atoms with Gasteiger partial charge in [0.1, 0.15) is 11.5 Å². The number of hydrogen-bond donors (Lipinski definition) is 2. The van der Waals surface area contributed by atoms with Crippen molar-refractivity contribution in [2.45, 2.75) is 32.5 Å². The molecule has 32 heavy (non-hydrogen) atoms. The first-order valence-electron chi connectivity index (χ1n) is 10.5. The molecule has 2 N–H and O–H groups in total. The molecular weight excluding hydrogens is 420 g/mol. The van der Waals surface area contributed by atoms with Crippen molar-refractivity contribution in [1.29, 1.82) is 0 Å². The van der Waals surface area contributed by atoms with E-state index in [4.69, 9.17) is 16.6 Å². The standard InChI is InChI=1S/C25H24N4O2S/c1-16-14-19(17(2)29(16)21-10-3-4-11-22(21)30)24-23(20-9-5-6-12-26-20)27-25(32)28(24)15-18-8-7-13-31-18/h3-14,23-24,30H,15H2,1-2H3,(H,27,32)/t23-,24+/m1/s1. The molecule has 1 fully saturated rings. The van der Waals surface area contributed by atoms with Crippen molar-refractivity contribution in [2.24, 2.45) is 0 Å². The highest BCUT2D eigenvalue weighted by Gasteiger charge is 2.41. The van der Waals surface area contributed by atoms with Gasteiger partial charge in [0, 0.05) is 17.6 Å². The Morgan fingerprint density at radius 3 is 2.62 bits per heavy atom. The first kappa shape index (κ1) is 20.3. The second-order valence-corrected chi connectivity index (χ2v) is 8.37. The molecule has 3 aromatic heterocycles. The lowest BCUT2D eigenvalue weighted by Crippen LogP contribution is -2.29. The normalized spacial score (nSPS) is 18.2. The molecule has 7 heteroatoms. The van der Waals surface area contributed by atoms with Gasteiger partial charge in [0.2, 0.25) is 0 Å². The highest BCUT2D eigenvalue weighted by molar-refractivity contribution is 7.80. The van der Waals surface area contributed by atoms with E-state index in [2.05, 4.69) is 39.7 Å². The van der Waals surface area contributed by atoms with Crippen LogP contribution in [-0.4, -0.2) is 24.7 Å². The summed E-state index contributed by atoms with van der Waals surface area (Å²) >= 11 is 5.76. The molecule has 1 aliphatic heterocycles. The van der Waals surface area contributed by atoms with Crippen LogP contribution in [0, 0.1) is 13.8 Å². The molecule has 6 nitrogen and oxygen atoms in total. The third-order valence-corrected chi connectivity index (χ3v) is 6.37. The number of rotatable bonds is 5. The average Bonchev–Trinajstić information content (AvgIpc) is 3.49. The summed E-state index contributed by atoms with van der Waals surface area (Å²) in [6.45, 7) is 4.68. The van der Waals surface area contributed by atoms with E-state index in [9.17, 15) is 5.11 Å². The van der Waals surface area contributed by atoms with E-state index in [0.717, 1.165) is 34.1 Å². The van der Waals surface area contributed by atoms with Gasteiger partial charge in [-0.2, -0.15) is 0 Å². The Morgan fingerprint density at radius 2 is 1.91 bits per heavy atom. The van der Waals surface area contributed by atoms with Gasteiger partial charge in [-0.3, -0.25) is 4.98 Å². The second-order valence-electron chi connectivity index (χ2n) is 7.98. The summed E-state index contributed by atoms with van der Waals surface area (Å²) in [4.78, 5) is 6.77. The van der Waals surface area contributed by atoms with Gasteiger partial charge in [-0.15, -0.1) is 0 Å². The number of thiocarbonyl (C=S) groups is 1. The van der Waals surface area contributed by atoms with Gasteiger partial charge in [0.15, 0.2) is 5.11 Å². The molecule has 0 radical (unpaired) electrons. The fourth-order valence-electron chi connectivity index (χ4n) is 4.60. The second kappa shape index (κ2) is 8.16. The van der Waals surface area contributed by atoms with Crippen molar-refractivity contribution in [2.75, 3.05) is 0 Å². The SMILES string of the molecule is Cc1cc([C@H]2[C@@H](c3ccccn3)NC(=S)N2Cc2ccco2)c(C)n1-c1ccccc1O. The Kier molecular flexibility index (Phi) is 5.19. The van der Waals surface area contributed by atoms with Crippen LogP contribution in [0.5, 0.6) is 5.75 Å². The topological polar surface area (TPSA) is 66.5 Å². The van der Waals surface area contributed by atoms with Gasteiger partial charge in [-0.25, -0.2) is 0 Å². The molecule has 162 valence electrons. The van der Waals surface area contributed by atoms with Crippen molar-refractivity contribution in [3.8, 4) is 11.4 Å². The number of furan rings is 1. The van der Waals surface area contributed by atoms with Crippen LogP contribution in [0.2, 0.25) is 0 Å². The molecular formula is C25H24N4O2S. The zero-order chi connectivity index (χ0) is 22.2. The molecule has 0 saturated carbocycles. The summed E-state index contributed by atoms with van der Waals surface area (Å²) < 4.78 is 7.72. The number of aromatic nitrogens is 2. The van der Waals surface area contributed by atoms with Crippen molar-refractivity contribution in [1.82, 2.24) is 19.8 Å². The monoisotopic (exact) mass is 444 g/mol. The number of phenols is 1. The Labute approximate surface area is 192 Å². The van der Waals surface area contributed by atoms with Crippen molar-refractivity contribution in [3.63, 3.8) is 0 Å². The van der Waals surface area contributed by atoms with Gasteiger partial charge in [0.05, 0.1) is 36.3 Å². The summed E-state index contributed by atoms with van der Waals surface area (Å²) in [7, 11) is 0. The Morgan fingerprint density at radius 1 is 1.09 bits per heavy atom. The fraction of sp³-hybridized carbons (Fsp3) is 0.200. The first-order valence-corrected chi connectivity index (χ1v) is 10.9. The largest absolute Gasteiger partial charge is 0.506 e. The van der Waals surface area contributed by atoms with Crippen LogP contribution in [0.3, 0.4) is 0 Å². The maximum Gasteiger partial charge on any atom is 0.170 e. The van der Waals surface area contributed by atoms with E-state index in [-0.39, 0.29) is 17.8 Å². The van der Waals surface area contributed by atoms with Crippen LogP contribution in [0.4, 0.5) is 0 Å². The maximum absolute atomic E-state index is 10.5. The van der Waals surface area contributed by atoms with Gasteiger partial charge in [-0.05, 0) is 74.1 Å². The predicted molar refractivity (Wildman–Crippen MR) is 127 cm³/mol. The number of hydrogen-bond acceptors (Lipinski definition) is 4. The summed E-state index contributed by atoms with van der Waals surface area (Å²) in [5.41, 5.74) is 4.89. The van der Waals surface area contributed by atoms with Gasteiger partial charge in [-0.1, -0.05) is 18.2 Å². The smallest absolute Gasteiger partial charge is 0.170 e. The molecule has 0 amide bonds. The minimum absolute atomic E-state index is 0.0895. The van der Waals surface area contributed by atoms with Crippen molar-refractivity contribution in [3.05, 3.63) is 102 Å². The number of nitrogens with one attached hydrogen (secondary N) is 1. The number of aromatic hydroxyl groups is 1. The molecule has 0 unspecified atom stereocenters. The molecule has 1 saturated heterocycles. The maximum atomic E-state index is 10.5. The summed E-state index contributed by atoms with van der Waals surface area (Å²) in [5, 5.41) is 14.6. The third-order valence-electron chi connectivity index (χ3n) is 6.02. The first-order chi connectivity index (χ1) is 15.5. The average molecular weight is 445 g/mol. The molecule has 4 aromatic rings. The summed E-state index contributed by atoms with van der Waals surface area (Å²) in [6, 6.07) is 19.1. The third kappa shape index (κ3) is 3.44. The van der Waals surface area contributed by atoms with E-state index in [0.29, 0.717) is 11.7 Å².